The molecule has 10 unspecified atom stereocenters. The Morgan fingerprint density at radius 2 is 1.09 bits per heavy atom. The van der Waals surface area contributed by atoms with E-state index in [9.17, 15) is 9.59 Å². The van der Waals surface area contributed by atoms with Crippen molar-refractivity contribution in [1.29, 1.82) is 0 Å². The van der Waals surface area contributed by atoms with Crippen LogP contribution >= 0.6 is 0 Å². The maximum atomic E-state index is 11.4. The van der Waals surface area contributed by atoms with Crippen LogP contribution in [0.15, 0.2) is 0 Å². The van der Waals surface area contributed by atoms with Gasteiger partial charge in [0.1, 0.15) is 12.2 Å². The van der Waals surface area contributed by atoms with Crippen molar-refractivity contribution >= 4 is 11.9 Å². The molecular formula is C16H22O6. The van der Waals surface area contributed by atoms with Crippen molar-refractivity contribution in [2.45, 2.75) is 64.3 Å². The van der Waals surface area contributed by atoms with Gasteiger partial charge in [-0.05, 0) is 11.8 Å². The van der Waals surface area contributed by atoms with Crippen molar-refractivity contribution in [3.05, 3.63) is 0 Å². The third-order valence-corrected chi connectivity index (χ3v) is 6.03. The highest BCUT2D eigenvalue weighted by Crippen LogP contribution is 2.61. The average molecular weight is 310 g/mol. The molecule has 22 heavy (non-hydrogen) atoms. The first-order chi connectivity index (χ1) is 10.4. The SMILES string of the molecule is CC(=O)OC1C(OC(C)=O)C2OC1C1C3OC(C(C)C3C)C21. The fraction of sp³-hybridized carbons (Fsp3) is 0.875. The third kappa shape index (κ3) is 1.74. The van der Waals surface area contributed by atoms with Gasteiger partial charge in [-0.1, -0.05) is 13.8 Å². The molecule has 6 nitrogen and oxygen atoms in total. The first-order valence-electron chi connectivity index (χ1n) is 8.05. The second-order valence-corrected chi connectivity index (χ2v) is 7.15. The van der Waals surface area contributed by atoms with Gasteiger partial charge in [-0.25, -0.2) is 0 Å². The van der Waals surface area contributed by atoms with Crippen LogP contribution < -0.4 is 0 Å². The molecule has 0 amide bonds. The molecule has 0 aliphatic carbocycles. The molecule has 0 aromatic carbocycles. The summed E-state index contributed by atoms with van der Waals surface area (Å²) >= 11 is 0. The summed E-state index contributed by atoms with van der Waals surface area (Å²) in [6, 6.07) is 0. The van der Waals surface area contributed by atoms with E-state index < -0.39 is 12.2 Å². The van der Waals surface area contributed by atoms with E-state index in [1.807, 2.05) is 0 Å². The zero-order chi connectivity index (χ0) is 15.8. The lowest BCUT2D eigenvalue weighted by Gasteiger charge is -2.40. The Bertz CT molecular complexity index is 475. The van der Waals surface area contributed by atoms with E-state index in [0.29, 0.717) is 11.8 Å². The monoisotopic (exact) mass is 310 g/mol. The minimum atomic E-state index is -0.516. The number of hydrogen-bond acceptors (Lipinski definition) is 6. The largest absolute Gasteiger partial charge is 0.456 e. The molecule has 4 saturated heterocycles. The molecule has 0 radical (unpaired) electrons. The molecule has 0 aromatic rings. The van der Waals surface area contributed by atoms with E-state index in [1.165, 1.54) is 13.8 Å². The van der Waals surface area contributed by atoms with E-state index in [2.05, 4.69) is 13.8 Å². The second-order valence-electron chi connectivity index (χ2n) is 7.15. The van der Waals surface area contributed by atoms with E-state index in [4.69, 9.17) is 18.9 Å². The summed E-state index contributed by atoms with van der Waals surface area (Å²) in [6.07, 6.45) is -1.19. The molecule has 0 N–H and O–H groups in total. The number of hydrogen-bond donors (Lipinski definition) is 0. The molecule has 6 heteroatoms. The third-order valence-electron chi connectivity index (χ3n) is 6.03. The van der Waals surface area contributed by atoms with Gasteiger partial charge in [0.25, 0.3) is 0 Å². The number of esters is 2. The summed E-state index contributed by atoms with van der Waals surface area (Å²) in [6.45, 7) is 7.16. The lowest BCUT2D eigenvalue weighted by Crippen LogP contribution is -2.55. The molecule has 4 aliphatic rings. The van der Waals surface area contributed by atoms with Gasteiger partial charge in [-0.15, -0.1) is 0 Å². The topological polar surface area (TPSA) is 71.1 Å². The Morgan fingerprint density at radius 1 is 0.727 bits per heavy atom. The summed E-state index contributed by atoms with van der Waals surface area (Å²) in [5.41, 5.74) is 0. The van der Waals surface area contributed by atoms with Crippen molar-refractivity contribution in [3.8, 4) is 0 Å². The zero-order valence-electron chi connectivity index (χ0n) is 13.2. The number of fused-ring (bicyclic) bond motifs is 9. The van der Waals surface area contributed by atoms with Crippen molar-refractivity contribution < 1.29 is 28.5 Å². The van der Waals surface area contributed by atoms with Crippen LogP contribution in [0, 0.1) is 23.7 Å². The molecule has 0 spiro atoms. The molecule has 4 bridgehead atoms. The molecule has 4 rings (SSSR count). The molecule has 122 valence electrons. The summed E-state index contributed by atoms with van der Waals surface area (Å²) in [5, 5.41) is 0. The Labute approximate surface area is 129 Å². The van der Waals surface area contributed by atoms with Gasteiger partial charge in [0, 0.05) is 25.7 Å². The van der Waals surface area contributed by atoms with Crippen molar-refractivity contribution in [2.24, 2.45) is 23.7 Å². The molecular weight excluding hydrogens is 288 g/mol. The quantitative estimate of drug-likeness (QED) is 0.706. The highest BCUT2D eigenvalue weighted by molar-refractivity contribution is 5.67. The van der Waals surface area contributed by atoms with Gasteiger partial charge < -0.3 is 18.9 Å². The number of ether oxygens (including phenoxy) is 4. The zero-order valence-corrected chi connectivity index (χ0v) is 13.2. The Hall–Kier alpha value is -1.14. The minimum Gasteiger partial charge on any atom is -0.456 e. The molecule has 0 saturated carbocycles. The van der Waals surface area contributed by atoms with Crippen molar-refractivity contribution in [2.75, 3.05) is 0 Å². The van der Waals surface area contributed by atoms with Crippen LogP contribution in [0.4, 0.5) is 0 Å². The fourth-order valence-electron chi connectivity index (χ4n) is 5.14. The second kappa shape index (κ2) is 4.68. The fourth-order valence-corrected chi connectivity index (χ4v) is 5.14. The van der Waals surface area contributed by atoms with Crippen LogP contribution in [0.1, 0.15) is 27.7 Å². The summed E-state index contributed by atoms with van der Waals surface area (Å²) < 4.78 is 23.2. The van der Waals surface area contributed by atoms with Gasteiger partial charge in [0.05, 0.1) is 12.2 Å². The predicted octanol–water partition coefficient (Wildman–Crippen LogP) is 0.916. The van der Waals surface area contributed by atoms with E-state index in [1.54, 1.807) is 0 Å². The van der Waals surface area contributed by atoms with Gasteiger partial charge in [0.15, 0.2) is 12.2 Å². The van der Waals surface area contributed by atoms with Crippen LogP contribution in [0.2, 0.25) is 0 Å². The van der Waals surface area contributed by atoms with E-state index in [0.717, 1.165) is 0 Å². The molecule has 4 fully saturated rings. The number of carbonyl (C=O) groups excluding carboxylic acids is 2. The van der Waals surface area contributed by atoms with Gasteiger partial charge in [-0.3, -0.25) is 9.59 Å². The first kappa shape index (κ1) is 14.5. The summed E-state index contributed by atoms with van der Waals surface area (Å²) in [4.78, 5) is 22.9. The highest BCUT2D eigenvalue weighted by Gasteiger charge is 2.73. The lowest BCUT2D eigenvalue weighted by atomic mass is 9.63. The van der Waals surface area contributed by atoms with Gasteiger partial charge in [-0.2, -0.15) is 0 Å². The molecule has 4 aliphatic heterocycles. The first-order valence-corrected chi connectivity index (χ1v) is 8.05. The molecule has 0 aromatic heterocycles. The number of rotatable bonds is 2. The maximum absolute atomic E-state index is 11.4. The standard InChI is InChI=1S/C16H22O6/c1-5-6(2)12-10-9(11(5)21-12)13-15(19-7(3)17)16(14(10)22-13)20-8(4)18/h5-6,9-16H,1-4H3. The molecule has 10 atom stereocenters. The minimum absolute atomic E-state index is 0.149. The smallest absolute Gasteiger partial charge is 0.303 e. The Kier molecular flexibility index (Phi) is 3.07. The highest BCUT2D eigenvalue weighted by atomic mass is 16.6. The van der Waals surface area contributed by atoms with Gasteiger partial charge in [0.2, 0.25) is 0 Å². The predicted molar refractivity (Wildman–Crippen MR) is 73.7 cm³/mol. The van der Waals surface area contributed by atoms with E-state index in [-0.39, 0.29) is 48.2 Å². The Morgan fingerprint density at radius 3 is 1.45 bits per heavy atom. The van der Waals surface area contributed by atoms with Crippen LogP contribution in [0.5, 0.6) is 0 Å². The molecule has 4 heterocycles. The average Bonchev–Trinajstić information content (AvgIpc) is 3.11. The van der Waals surface area contributed by atoms with Crippen LogP contribution in [-0.2, 0) is 28.5 Å². The summed E-state index contributed by atoms with van der Waals surface area (Å²) in [5.74, 6) is 0.661. The summed E-state index contributed by atoms with van der Waals surface area (Å²) in [7, 11) is 0. The normalized spacial score (nSPS) is 54.4. The van der Waals surface area contributed by atoms with Gasteiger partial charge >= 0.3 is 11.9 Å². The van der Waals surface area contributed by atoms with Crippen molar-refractivity contribution in [1.82, 2.24) is 0 Å². The lowest BCUT2D eigenvalue weighted by molar-refractivity contribution is -0.169. The van der Waals surface area contributed by atoms with Crippen LogP contribution in [0.25, 0.3) is 0 Å². The van der Waals surface area contributed by atoms with Crippen molar-refractivity contribution in [3.63, 3.8) is 0 Å². The van der Waals surface area contributed by atoms with E-state index >= 15 is 0 Å². The van der Waals surface area contributed by atoms with Crippen LogP contribution in [-0.4, -0.2) is 48.6 Å². The Balaban J connectivity index is 1.64. The van der Waals surface area contributed by atoms with Crippen LogP contribution in [0.3, 0.4) is 0 Å². The maximum Gasteiger partial charge on any atom is 0.303 e. The number of carbonyl (C=O) groups is 2.